The van der Waals surface area contributed by atoms with Crippen LogP contribution in [0.3, 0.4) is 0 Å². The van der Waals surface area contributed by atoms with Gasteiger partial charge in [0, 0.05) is 40.5 Å². The van der Waals surface area contributed by atoms with Crippen LogP contribution in [-0.2, 0) is 4.79 Å². The van der Waals surface area contributed by atoms with E-state index in [4.69, 9.17) is 0 Å². The van der Waals surface area contributed by atoms with Crippen molar-refractivity contribution in [3.63, 3.8) is 0 Å². The third-order valence-corrected chi connectivity index (χ3v) is 0.956. The third-order valence-electron chi connectivity index (χ3n) is 0.956. The SMILES string of the molecule is CN(C)/C=C\C(=O)N(C)C. The summed E-state index contributed by atoms with van der Waals surface area (Å²) in [6.07, 6.45) is 3.25. The van der Waals surface area contributed by atoms with Gasteiger partial charge in [0.2, 0.25) is 5.91 Å². The molecule has 58 valence electrons. The van der Waals surface area contributed by atoms with Crippen molar-refractivity contribution in [2.45, 2.75) is 0 Å². The maximum absolute atomic E-state index is 10.9. The Morgan fingerprint density at radius 1 is 1.20 bits per heavy atom. The standard InChI is InChI=1S/C7H14N2O/c1-8(2)6-5-7(10)9(3)4/h5-6H,1-4H3/b6-5-. The van der Waals surface area contributed by atoms with E-state index in [1.807, 2.05) is 19.0 Å². The fourth-order valence-corrected chi connectivity index (χ4v) is 0.362. The Hall–Kier alpha value is -0.990. The van der Waals surface area contributed by atoms with Crippen molar-refractivity contribution in [2.24, 2.45) is 0 Å². The minimum Gasteiger partial charge on any atom is -0.383 e. The van der Waals surface area contributed by atoms with Crippen molar-refractivity contribution in [1.29, 1.82) is 0 Å². The van der Waals surface area contributed by atoms with Gasteiger partial charge in [0.25, 0.3) is 0 Å². The summed E-state index contributed by atoms with van der Waals surface area (Å²) in [6.45, 7) is 0. The average molecular weight is 142 g/mol. The normalized spacial score (nSPS) is 10.0. The van der Waals surface area contributed by atoms with E-state index in [2.05, 4.69) is 0 Å². The molecule has 0 bridgehead atoms. The molecule has 0 aromatic heterocycles. The molecule has 0 N–H and O–H groups in total. The molecule has 0 aliphatic rings. The van der Waals surface area contributed by atoms with Gasteiger partial charge in [-0.1, -0.05) is 0 Å². The molecule has 0 aromatic rings. The van der Waals surface area contributed by atoms with Crippen LogP contribution in [0.2, 0.25) is 0 Å². The van der Waals surface area contributed by atoms with Gasteiger partial charge in [0.1, 0.15) is 0 Å². The van der Waals surface area contributed by atoms with Gasteiger partial charge in [0.15, 0.2) is 0 Å². The molecule has 0 aliphatic carbocycles. The Kier molecular flexibility index (Phi) is 3.54. The van der Waals surface area contributed by atoms with Crippen LogP contribution in [0.5, 0.6) is 0 Å². The van der Waals surface area contributed by atoms with Crippen molar-refractivity contribution >= 4 is 5.91 Å². The van der Waals surface area contributed by atoms with Gasteiger partial charge in [-0.25, -0.2) is 0 Å². The van der Waals surface area contributed by atoms with Crippen molar-refractivity contribution in [3.8, 4) is 0 Å². The second kappa shape index (κ2) is 3.93. The molecule has 3 nitrogen and oxygen atoms in total. The highest BCUT2D eigenvalue weighted by atomic mass is 16.2. The molecule has 1 amide bonds. The van der Waals surface area contributed by atoms with Crippen LogP contribution < -0.4 is 0 Å². The van der Waals surface area contributed by atoms with Gasteiger partial charge < -0.3 is 9.80 Å². The van der Waals surface area contributed by atoms with Crippen molar-refractivity contribution in [1.82, 2.24) is 9.80 Å². The third kappa shape index (κ3) is 3.95. The molecule has 0 rings (SSSR count). The highest BCUT2D eigenvalue weighted by Gasteiger charge is 1.95. The summed E-state index contributed by atoms with van der Waals surface area (Å²) >= 11 is 0. The molecule has 0 fully saturated rings. The van der Waals surface area contributed by atoms with Crippen LogP contribution in [-0.4, -0.2) is 43.9 Å². The zero-order valence-corrected chi connectivity index (χ0v) is 6.96. The Balaban J connectivity index is 3.79. The Morgan fingerprint density at radius 2 is 1.70 bits per heavy atom. The van der Waals surface area contributed by atoms with Crippen molar-refractivity contribution in [3.05, 3.63) is 12.3 Å². The second-order valence-electron chi connectivity index (χ2n) is 2.51. The van der Waals surface area contributed by atoms with E-state index in [1.165, 1.54) is 11.0 Å². The van der Waals surface area contributed by atoms with Gasteiger partial charge in [-0.2, -0.15) is 0 Å². The average Bonchev–Trinajstić information content (AvgIpc) is 1.82. The van der Waals surface area contributed by atoms with E-state index in [0.717, 1.165) is 0 Å². The summed E-state index contributed by atoms with van der Waals surface area (Å²) in [5.41, 5.74) is 0. The lowest BCUT2D eigenvalue weighted by molar-refractivity contribution is -0.123. The zero-order valence-electron chi connectivity index (χ0n) is 6.96. The molecule has 0 heterocycles. The monoisotopic (exact) mass is 142 g/mol. The highest BCUT2D eigenvalue weighted by molar-refractivity contribution is 5.86. The van der Waals surface area contributed by atoms with Gasteiger partial charge in [-0.3, -0.25) is 4.79 Å². The van der Waals surface area contributed by atoms with Crippen LogP contribution >= 0.6 is 0 Å². The number of rotatable bonds is 2. The molecule has 0 aromatic carbocycles. The maximum atomic E-state index is 10.9. The van der Waals surface area contributed by atoms with Crippen LogP contribution in [0.1, 0.15) is 0 Å². The lowest BCUT2D eigenvalue weighted by Crippen LogP contribution is -2.19. The van der Waals surface area contributed by atoms with Crippen LogP contribution in [0.25, 0.3) is 0 Å². The summed E-state index contributed by atoms with van der Waals surface area (Å²) in [5, 5.41) is 0. The lowest BCUT2D eigenvalue weighted by Gasteiger charge is -2.07. The summed E-state index contributed by atoms with van der Waals surface area (Å²) in [5.74, 6) is 0.00806. The Morgan fingerprint density at radius 3 is 2.00 bits per heavy atom. The molecular formula is C7H14N2O. The fourth-order valence-electron chi connectivity index (χ4n) is 0.362. The number of nitrogens with zero attached hydrogens (tertiary/aromatic N) is 2. The quantitative estimate of drug-likeness (QED) is 0.512. The minimum absolute atomic E-state index is 0.00806. The first kappa shape index (κ1) is 9.01. The molecule has 0 saturated carbocycles. The molecule has 0 unspecified atom stereocenters. The van der Waals surface area contributed by atoms with E-state index in [-0.39, 0.29) is 5.91 Å². The summed E-state index contributed by atoms with van der Waals surface area (Å²) in [4.78, 5) is 14.2. The predicted octanol–water partition coefficient (Wildman–Crippen LogP) is 0.150. The smallest absolute Gasteiger partial charge is 0.247 e. The lowest BCUT2D eigenvalue weighted by atomic mass is 10.5. The van der Waals surface area contributed by atoms with Crippen molar-refractivity contribution < 1.29 is 4.79 Å². The largest absolute Gasteiger partial charge is 0.383 e. The zero-order chi connectivity index (χ0) is 8.15. The van der Waals surface area contributed by atoms with E-state index in [9.17, 15) is 4.79 Å². The number of hydrogen-bond acceptors (Lipinski definition) is 2. The van der Waals surface area contributed by atoms with Gasteiger partial charge >= 0.3 is 0 Å². The van der Waals surface area contributed by atoms with E-state index in [0.29, 0.717) is 0 Å². The number of hydrogen-bond donors (Lipinski definition) is 0. The molecule has 10 heavy (non-hydrogen) atoms. The van der Waals surface area contributed by atoms with Crippen LogP contribution in [0, 0.1) is 0 Å². The summed E-state index contributed by atoms with van der Waals surface area (Å²) in [7, 11) is 7.20. The summed E-state index contributed by atoms with van der Waals surface area (Å²) < 4.78 is 0. The fraction of sp³-hybridized carbons (Fsp3) is 0.571. The van der Waals surface area contributed by atoms with Gasteiger partial charge in [-0.15, -0.1) is 0 Å². The minimum atomic E-state index is 0.00806. The number of carbonyl (C=O) groups excluding carboxylic acids is 1. The molecule has 0 spiro atoms. The van der Waals surface area contributed by atoms with Crippen molar-refractivity contribution in [2.75, 3.05) is 28.2 Å². The Bertz CT molecular complexity index is 139. The number of carbonyl (C=O) groups is 1. The molecule has 3 heteroatoms. The first-order valence-corrected chi connectivity index (χ1v) is 3.10. The second-order valence-corrected chi connectivity index (χ2v) is 2.51. The van der Waals surface area contributed by atoms with E-state index < -0.39 is 0 Å². The first-order chi connectivity index (χ1) is 4.54. The maximum Gasteiger partial charge on any atom is 0.247 e. The van der Waals surface area contributed by atoms with E-state index >= 15 is 0 Å². The van der Waals surface area contributed by atoms with Gasteiger partial charge in [0.05, 0.1) is 0 Å². The number of likely N-dealkylation sites (N-methyl/N-ethyl adjacent to an activating group) is 1. The molecule has 0 aliphatic heterocycles. The predicted molar refractivity (Wildman–Crippen MR) is 41.5 cm³/mol. The van der Waals surface area contributed by atoms with Crippen LogP contribution in [0.15, 0.2) is 12.3 Å². The van der Waals surface area contributed by atoms with E-state index in [1.54, 1.807) is 20.3 Å². The summed E-state index contributed by atoms with van der Waals surface area (Å²) in [6, 6.07) is 0. The Labute approximate surface area is 61.9 Å². The molecule has 0 saturated heterocycles. The highest BCUT2D eigenvalue weighted by Crippen LogP contribution is 1.82. The number of amides is 1. The topological polar surface area (TPSA) is 23.6 Å². The first-order valence-electron chi connectivity index (χ1n) is 3.10. The van der Waals surface area contributed by atoms with Gasteiger partial charge in [-0.05, 0) is 0 Å². The molecule has 0 radical (unpaired) electrons. The molecule has 0 atom stereocenters. The molecular weight excluding hydrogens is 128 g/mol. The van der Waals surface area contributed by atoms with Crippen LogP contribution in [0.4, 0.5) is 0 Å².